The predicted molar refractivity (Wildman–Crippen MR) is 130 cm³/mol. The summed E-state index contributed by atoms with van der Waals surface area (Å²) in [4.78, 5) is 33.4. The van der Waals surface area contributed by atoms with Gasteiger partial charge < -0.3 is 25.4 Å². The van der Waals surface area contributed by atoms with Crippen molar-refractivity contribution in [3.8, 4) is 5.75 Å². The molecule has 0 saturated carbocycles. The zero-order valence-corrected chi connectivity index (χ0v) is 19.3. The number of hydrogen-bond acceptors (Lipinski definition) is 7. The van der Waals surface area contributed by atoms with Crippen molar-refractivity contribution in [2.75, 3.05) is 20.3 Å². The van der Waals surface area contributed by atoms with Gasteiger partial charge in [-0.2, -0.15) is 0 Å². The lowest BCUT2D eigenvalue weighted by Crippen LogP contribution is -2.26. The number of hydrogen-bond donors (Lipinski definition) is 3. The van der Waals surface area contributed by atoms with Crippen LogP contribution >= 0.6 is 11.6 Å². The van der Waals surface area contributed by atoms with Crippen molar-refractivity contribution in [3.63, 3.8) is 0 Å². The van der Waals surface area contributed by atoms with E-state index in [4.69, 9.17) is 26.1 Å². The van der Waals surface area contributed by atoms with Crippen LogP contribution in [0.25, 0.3) is 0 Å². The van der Waals surface area contributed by atoms with E-state index in [1.165, 1.54) is 12.3 Å². The minimum absolute atomic E-state index is 0.118. The minimum atomic E-state index is -0.369. The van der Waals surface area contributed by atoms with E-state index in [0.29, 0.717) is 59.5 Å². The summed E-state index contributed by atoms with van der Waals surface area (Å²) in [6.45, 7) is 0.618. The van der Waals surface area contributed by atoms with Crippen molar-refractivity contribution in [1.29, 1.82) is 0 Å². The van der Waals surface area contributed by atoms with Crippen LogP contribution in [0.5, 0.6) is 5.75 Å². The first-order valence-electron chi connectivity index (χ1n) is 10.8. The molecule has 2 heterocycles. The van der Waals surface area contributed by atoms with Crippen molar-refractivity contribution in [2.45, 2.75) is 19.3 Å². The number of nitrogens with zero attached hydrogens (tertiary/aromatic N) is 2. The van der Waals surface area contributed by atoms with Gasteiger partial charge >= 0.3 is 0 Å². The van der Waals surface area contributed by atoms with E-state index in [0.717, 1.165) is 11.3 Å². The highest BCUT2D eigenvalue weighted by Crippen LogP contribution is 2.34. The van der Waals surface area contributed by atoms with E-state index in [9.17, 15) is 9.59 Å². The van der Waals surface area contributed by atoms with Crippen LogP contribution in [0.3, 0.4) is 0 Å². The van der Waals surface area contributed by atoms with Crippen molar-refractivity contribution in [3.05, 3.63) is 70.3 Å². The molecule has 3 N–H and O–H groups in total. The van der Waals surface area contributed by atoms with Crippen molar-refractivity contribution >= 4 is 41.3 Å². The van der Waals surface area contributed by atoms with E-state index < -0.39 is 0 Å². The molecule has 0 radical (unpaired) electrons. The number of carbonyl (C=O) groups excluding carboxylic acids is 2. The molecule has 0 aromatic heterocycles. The molecule has 4 rings (SSSR count). The number of fused-ring (bicyclic) bond motifs is 2. The average Bonchev–Trinajstić information content (AvgIpc) is 2.84. The Balaban J connectivity index is 1.76. The van der Waals surface area contributed by atoms with Crippen LogP contribution in [0, 0.1) is 0 Å². The Labute approximate surface area is 202 Å². The summed E-state index contributed by atoms with van der Waals surface area (Å²) in [5, 5.41) is 8.95. The van der Waals surface area contributed by atoms with E-state index in [1.54, 1.807) is 25.6 Å². The number of halogens is 1. The Morgan fingerprint density at radius 2 is 2.09 bits per heavy atom. The molecular formula is C24H24ClN5O4. The third-order valence-corrected chi connectivity index (χ3v) is 5.56. The molecule has 0 atom stereocenters. The fourth-order valence-electron chi connectivity index (χ4n) is 3.49. The van der Waals surface area contributed by atoms with E-state index >= 15 is 0 Å². The molecule has 2 bridgehead atoms. The molecule has 0 spiro atoms. The van der Waals surface area contributed by atoms with Gasteiger partial charge in [0, 0.05) is 47.8 Å². The molecule has 0 saturated heterocycles. The lowest BCUT2D eigenvalue weighted by atomic mass is 10.0. The largest absolute Gasteiger partial charge is 0.498 e. The van der Waals surface area contributed by atoms with Gasteiger partial charge in [0.25, 0.3) is 0 Å². The smallest absolute Gasteiger partial charge is 0.247 e. The van der Waals surface area contributed by atoms with Gasteiger partial charge in [-0.15, -0.1) is 0 Å². The molecule has 0 fully saturated rings. The number of methoxy groups -OCH3 is 1. The number of ether oxygens (including phenoxy) is 2. The van der Waals surface area contributed by atoms with Crippen LogP contribution in [0.15, 0.2) is 74.7 Å². The number of carbonyl (C=O) groups is 2. The monoisotopic (exact) mass is 481 g/mol. The number of allylic oxidation sites excluding steroid dienone is 2. The Morgan fingerprint density at radius 1 is 1.21 bits per heavy atom. The maximum atomic E-state index is 12.3. The van der Waals surface area contributed by atoms with Gasteiger partial charge in [-0.1, -0.05) is 23.8 Å². The maximum Gasteiger partial charge on any atom is 0.247 e. The van der Waals surface area contributed by atoms with Gasteiger partial charge in [-0.3, -0.25) is 9.59 Å². The molecular weight excluding hydrogens is 458 g/mol. The van der Waals surface area contributed by atoms with Crippen LogP contribution in [-0.4, -0.2) is 44.2 Å². The number of aliphatic imine (C=N–C) groups is 2. The second-order valence-electron chi connectivity index (χ2n) is 7.50. The molecule has 1 aliphatic carbocycles. The Bertz CT molecular complexity index is 1180. The predicted octanol–water partition coefficient (Wildman–Crippen LogP) is 2.93. The van der Waals surface area contributed by atoms with E-state index in [-0.39, 0.29) is 18.4 Å². The number of amides is 2. The Kier molecular flexibility index (Phi) is 7.44. The molecule has 2 amide bonds. The van der Waals surface area contributed by atoms with Crippen LogP contribution < -0.4 is 20.7 Å². The van der Waals surface area contributed by atoms with Gasteiger partial charge in [-0.25, -0.2) is 9.98 Å². The van der Waals surface area contributed by atoms with Crippen LogP contribution in [0.2, 0.25) is 0 Å². The summed E-state index contributed by atoms with van der Waals surface area (Å²) in [6, 6.07) is 5.51. The zero-order chi connectivity index (χ0) is 23.9. The molecule has 34 heavy (non-hydrogen) atoms. The molecule has 10 heteroatoms. The summed E-state index contributed by atoms with van der Waals surface area (Å²) in [5.74, 6) is 1.28. The second kappa shape index (κ2) is 10.8. The number of benzene rings is 1. The summed E-state index contributed by atoms with van der Waals surface area (Å²) in [7, 11) is 1.56. The first-order valence-corrected chi connectivity index (χ1v) is 11.2. The highest BCUT2D eigenvalue weighted by molar-refractivity contribution is 6.32. The van der Waals surface area contributed by atoms with E-state index in [1.807, 2.05) is 18.2 Å². The lowest BCUT2D eigenvalue weighted by molar-refractivity contribution is -0.121. The third kappa shape index (κ3) is 5.55. The van der Waals surface area contributed by atoms with Gasteiger partial charge in [0.1, 0.15) is 23.0 Å². The topological polar surface area (TPSA) is 113 Å². The fourth-order valence-corrected chi connectivity index (χ4v) is 3.71. The van der Waals surface area contributed by atoms with Crippen LogP contribution in [-0.2, 0) is 14.3 Å². The van der Waals surface area contributed by atoms with Gasteiger partial charge in [-0.05, 0) is 24.6 Å². The first-order chi connectivity index (χ1) is 16.5. The average molecular weight is 482 g/mol. The lowest BCUT2D eigenvalue weighted by Gasteiger charge is -2.20. The summed E-state index contributed by atoms with van der Waals surface area (Å²) in [5.41, 5.74) is 2.44. The highest BCUT2D eigenvalue weighted by atomic mass is 35.5. The Hall–Kier alpha value is -3.85. The van der Waals surface area contributed by atoms with Crippen molar-refractivity contribution < 1.29 is 19.1 Å². The molecule has 176 valence electrons. The highest BCUT2D eigenvalue weighted by Gasteiger charge is 2.23. The minimum Gasteiger partial charge on any atom is -0.498 e. The standard InChI is InChI=1S/C24H24ClN5O4/c1-33-20-9-7-18(25)17-13-27-22(32)4-2-10-26-21(31)5-3-11-34-15-6-8-19-16(12-15)24(29-14-28-19)30-23(17)20/h2,4,6-8,12-14H,3,5,9-11H2,1H3,(H,26,31)(H,27,32)(H,28,29,30)/b4-2+,17-13+. The Morgan fingerprint density at radius 3 is 2.94 bits per heavy atom. The second-order valence-corrected chi connectivity index (χ2v) is 7.91. The molecule has 9 nitrogen and oxygen atoms in total. The molecule has 0 unspecified atom stereocenters. The maximum absolute atomic E-state index is 12.3. The quantitative estimate of drug-likeness (QED) is 0.570. The first kappa shape index (κ1) is 23.3. The summed E-state index contributed by atoms with van der Waals surface area (Å²) < 4.78 is 11.4. The van der Waals surface area contributed by atoms with Crippen molar-refractivity contribution in [1.82, 2.24) is 16.0 Å². The number of rotatable bonds is 1. The zero-order valence-electron chi connectivity index (χ0n) is 18.6. The molecule has 1 aromatic rings. The third-order valence-electron chi connectivity index (χ3n) is 5.20. The summed E-state index contributed by atoms with van der Waals surface area (Å²) >= 11 is 6.49. The van der Waals surface area contributed by atoms with Crippen molar-refractivity contribution in [2.24, 2.45) is 9.98 Å². The SMILES string of the molecule is COC1=C2/N=C3\NC=Nc4ccc(cc43)OCCCC(=O)NC/C=C/C(=O)N/C=C/2C(Cl)=CC1. The van der Waals surface area contributed by atoms with Crippen LogP contribution in [0.1, 0.15) is 24.8 Å². The molecule has 1 aromatic carbocycles. The van der Waals surface area contributed by atoms with E-state index in [2.05, 4.69) is 20.9 Å². The number of amidine groups is 1. The fraction of sp³-hybridized carbons (Fsp3) is 0.250. The molecule has 2 aliphatic heterocycles. The van der Waals surface area contributed by atoms with Gasteiger partial charge in [0.05, 0.1) is 25.7 Å². The van der Waals surface area contributed by atoms with Gasteiger partial charge in [0.15, 0.2) is 0 Å². The molecule has 3 aliphatic rings. The van der Waals surface area contributed by atoms with Crippen LogP contribution in [0.4, 0.5) is 5.69 Å². The summed E-state index contributed by atoms with van der Waals surface area (Å²) in [6.07, 6.45) is 9.07. The number of nitrogens with one attached hydrogen (secondary N) is 3. The normalized spacial score (nSPS) is 22.9. The van der Waals surface area contributed by atoms with Gasteiger partial charge in [0.2, 0.25) is 11.8 Å².